The first-order valence-electron chi connectivity index (χ1n) is 14.6. The van der Waals surface area contributed by atoms with Crippen LogP contribution in [0.1, 0.15) is 156 Å². The standard InChI is InChI=1S/C28H60N.NO3/c1-5-9-13-16-19-22-26-29(25-12-8-4,27-23-20-17-14-10-6-2)28-24-21-18-15-11-7-3;2-1(3)4/h5-28H2,1-4H3;/q+1;-1. The van der Waals surface area contributed by atoms with Crippen LogP contribution >= 0.6 is 0 Å². The highest BCUT2D eigenvalue weighted by atomic mass is 16.9. The van der Waals surface area contributed by atoms with E-state index in [4.69, 9.17) is 15.3 Å². The molecule has 5 heteroatoms. The van der Waals surface area contributed by atoms with Crippen LogP contribution in [0.5, 0.6) is 0 Å². The van der Waals surface area contributed by atoms with Gasteiger partial charge in [0.15, 0.2) is 0 Å². The summed E-state index contributed by atoms with van der Waals surface area (Å²) >= 11 is 0. The quantitative estimate of drug-likeness (QED) is 0.0608. The Labute approximate surface area is 207 Å². The molecule has 0 bridgehead atoms. The van der Waals surface area contributed by atoms with Gasteiger partial charge in [0.25, 0.3) is 0 Å². The highest BCUT2D eigenvalue weighted by molar-refractivity contribution is 4.54. The molecule has 0 aromatic rings. The van der Waals surface area contributed by atoms with Gasteiger partial charge in [0, 0.05) is 0 Å². The van der Waals surface area contributed by atoms with Crippen LogP contribution in [0.2, 0.25) is 0 Å². The number of hydrogen-bond donors (Lipinski definition) is 0. The van der Waals surface area contributed by atoms with Crippen LogP contribution in [-0.2, 0) is 0 Å². The van der Waals surface area contributed by atoms with Gasteiger partial charge in [-0.3, -0.25) is 0 Å². The monoisotopic (exact) mass is 472 g/mol. The Morgan fingerprint density at radius 3 is 0.909 bits per heavy atom. The number of hydrogen-bond acceptors (Lipinski definition) is 3. The second-order valence-electron chi connectivity index (χ2n) is 10.1. The Morgan fingerprint density at radius 1 is 0.424 bits per heavy atom. The second-order valence-corrected chi connectivity index (χ2v) is 10.1. The lowest BCUT2D eigenvalue weighted by atomic mass is 10.1. The van der Waals surface area contributed by atoms with Crippen LogP contribution in [0.3, 0.4) is 0 Å². The first-order chi connectivity index (χ1) is 16.0. The summed E-state index contributed by atoms with van der Waals surface area (Å²) in [5.41, 5.74) is 0. The van der Waals surface area contributed by atoms with Crippen molar-refractivity contribution in [2.24, 2.45) is 0 Å². The summed E-state index contributed by atoms with van der Waals surface area (Å²) in [5.74, 6) is 0. The summed E-state index contributed by atoms with van der Waals surface area (Å²) in [4.78, 5) is 8.25. The third-order valence-electron chi connectivity index (χ3n) is 6.94. The van der Waals surface area contributed by atoms with Crippen molar-refractivity contribution in [2.45, 2.75) is 156 Å². The molecule has 0 aliphatic carbocycles. The van der Waals surface area contributed by atoms with Crippen LogP contribution in [-0.4, -0.2) is 35.7 Å². The van der Waals surface area contributed by atoms with Crippen molar-refractivity contribution >= 4 is 0 Å². The van der Waals surface area contributed by atoms with E-state index in [9.17, 15) is 0 Å². The minimum atomic E-state index is -1.75. The van der Waals surface area contributed by atoms with Gasteiger partial charge in [0.2, 0.25) is 0 Å². The molecule has 0 radical (unpaired) electrons. The van der Waals surface area contributed by atoms with Gasteiger partial charge in [-0.2, -0.15) is 0 Å². The van der Waals surface area contributed by atoms with Crippen molar-refractivity contribution in [3.8, 4) is 0 Å². The predicted octanol–water partition coefficient (Wildman–Crippen LogP) is 9.45. The molecule has 0 saturated heterocycles. The smallest absolute Gasteiger partial charge is 0.0786 e. The molecule has 0 heterocycles. The zero-order valence-corrected chi connectivity index (χ0v) is 23.1. The number of rotatable bonds is 24. The summed E-state index contributed by atoms with van der Waals surface area (Å²) in [6.45, 7) is 15.2. The van der Waals surface area contributed by atoms with Crippen LogP contribution in [0.15, 0.2) is 0 Å². The molecule has 0 spiro atoms. The topological polar surface area (TPSA) is 66.2 Å². The molecular weight excluding hydrogens is 412 g/mol. The summed E-state index contributed by atoms with van der Waals surface area (Å²) < 4.78 is 1.46. The van der Waals surface area contributed by atoms with Gasteiger partial charge in [-0.05, 0) is 44.9 Å². The molecule has 0 aliphatic heterocycles. The molecule has 0 atom stereocenters. The first kappa shape index (κ1) is 34.3. The fourth-order valence-corrected chi connectivity index (χ4v) is 4.85. The predicted molar refractivity (Wildman–Crippen MR) is 145 cm³/mol. The Balaban J connectivity index is 0. The molecule has 33 heavy (non-hydrogen) atoms. The van der Waals surface area contributed by atoms with Crippen LogP contribution < -0.4 is 0 Å². The molecule has 0 unspecified atom stereocenters. The molecular formula is C28H60N2O3. The zero-order chi connectivity index (χ0) is 25.0. The lowest BCUT2D eigenvalue weighted by molar-refractivity contribution is -0.929. The molecule has 0 aliphatic rings. The van der Waals surface area contributed by atoms with Gasteiger partial charge in [0.05, 0.1) is 31.3 Å². The fraction of sp³-hybridized carbons (Fsp3) is 1.00. The van der Waals surface area contributed by atoms with Crippen molar-refractivity contribution in [3.05, 3.63) is 15.3 Å². The molecule has 0 saturated carbocycles. The number of quaternary nitrogens is 1. The van der Waals surface area contributed by atoms with E-state index in [0.717, 1.165) is 0 Å². The average Bonchev–Trinajstić information content (AvgIpc) is 2.79. The summed E-state index contributed by atoms with van der Waals surface area (Å²) in [6, 6.07) is 0. The molecule has 200 valence electrons. The van der Waals surface area contributed by atoms with E-state index in [1.807, 2.05) is 0 Å². The minimum absolute atomic E-state index is 1.36. The summed E-state index contributed by atoms with van der Waals surface area (Å²) in [7, 11) is 0. The van der Waals surface area contributed by atoms with E-state index < -0.39 is 5.09 Å². The van der Waals surface area contributed by atoms with Gasteiger partial charge in [-0.15, -0.1) is 0 Å². The maximum Gasteiger partial charge on any atom is 0.0786 e. The number of unbranched alkanes of at least 4 members (excludes halogenated alkanes) is 16. The van der Waals surface area contributed by atoms with E-state index in [1.165, 1.54) is 159 Å². The maximum atomic E-state index is 8.25. The second kappa shape index (κ2) is 27.4. The van der Waals surface area contributed by atoms with E-state index in [-0.39, 0.29) is 0 Å². The molecule has 0 rings (SSSR count). The van der Waals surface area contributed by atoms with Crippen LogP contribution in [0, 0.1) is 15.3 Å². The van der Waals surface area contributed by atoms with E-state index in [0.29, 0.717) is 0 Å². The first-order valence-corrected chi connectivity index (χ1v) is 14.6. The van der Waals surface area contributed by atoms with Crippen molar-refractivity contribution in [3.63, 3.8) is 0 Å². The molecule has 5 nitrogen and oxygen atoms in total. The third-order valence-corrected chi connectivity index (χ3v) is 6.94. The number of nitrogens with zero attached hydrogens (tertiary/aromatic N) is 2. The summed E-state index contributed by atoms with van der Waals surface area (Å²) in [5, 5.41) is 14.8. The lowest BCUT2D eigenvalue weighted by Crippen LogP contribution is -2.50. The molecule has 0 N–H and O–H groups in total. The van der Waals surface area contributed by atoms with Gasteiger partial charge in [-0.1, -0.05) is 111 Å². The highest BCUT2D eigenvalue weighted by Crippen LogP contribution is 2.19. The van der Waals surface area contributed by atoms with Gasteiger partial charge in [-0.25, -0.2) is 0 Å². The SMILES string of the molecule is CCCCCCCC[N+](CCCC)(CCCCCCCC)CCCCCCCC.O=[N+]([O-])[O-]. The molecule has 0 aromatic heterocycles. The minimum Gasteiger partial charge on any atom is -0.356 e. The molecule has 0 aromatic carbocycles. The largest absolute Gasteiger partial charge is 0.356 e. The Hall–Kier alpha value is -0.840. The molecule has 0 fully saturated rings. The summed E-state index contributed by atoms with van der Waals surface area (Å²) in [6.07, 6.45) is 28.8. The lowest BCUT2D eigenvalue weighted by Gasteiger charge is -2.39. The Bertz CT molecular complexity index is 347. The zero-order valence-electron chi connectivity index (χ0n) is 23.1. The van der Waals surface area contributed by atoms with E-state index in [1.54, 1.807) is 0 Å². The van der Waals surface area contributed by atoms with Crippen molar-refractivity contribution in [1.29, 1.82) is 0 Å². The Morgan fingerprint density at radius 2 is 0.636 bits per heavy atom. The maximum absolute atomic E-state index is 8.25. The highest BCUT2D eigenvalue weighted by Gasteiger charge is 2.25. The van der Waals surface area contributed by atoms with Crippen molar-refractivity contribution in [2.75, 3.05) is 26.2 Å². The fourth-order valence-electron chi connectivity index (χ4n) is 4.85. The van der Waals surface area contributed by atoms with Gasteiger partial charge < -0.3 is 19.8 Å². The third kappa shape index (κ3) is 27.3. The Kier molecular flexibility index (Phi) is 28.5. The van der Waals surface area contributed by atoms with Crippen molar-refractivity contribution < 1.29 is 9.57 Å². The van der Waals surface area contributed by atoms with Gasteiger partial charge >= 0.3 is 0 Å². The normalized spacial score (nSPS) is 11.3. The average molecular weight is 473 g/mol. The van der Waals surface area contributed by atoms with E-state index in [2.05, 4.69) is 27.7 Å². The van der Waals surface area contributed by atoms with Gasteiger partial charge in [0.1, 0.15) is 0 Å². The van der Waals surface area contributed by atoms with Crippen LogP contribution in [0.25, 0.3) is 0 Å². The van der Waals surface area contributed by atoms with Crippen molar-refractivity contribution in [1.82, 2.24) is 0 Å². The van der Waals surface area contributed by atoms with E-state index >= 15 is 0 Å². The van der Waals surface area contributed by atoms with Crippen LogP contribution in [0.4, 0.5) is 0 Å². The molecule has 0 amide bonds.